The molecule has 0 radical (unpaired) electrons. The van der Waals surface area contributed by atoms with E-state index in [0.29, 0.717) is 26.4 Å². The van der Waals surface area contributed by atoms with Gasteiger partial charge in [0.2, 0.25) is 0 Å². The number of aromatic amines is 1. The Morgan fingerprint density at radius 2 is 1.93 bits per heavy atom. The fourth-order valence-electron chi connectivity index (χ4n) is 4.53. The van der Waals surface area contributed by atoms with Crippen LogP contribution >= 0.6 is 0 Å². The molecule has 3 fully saturated rings. The van der Waals surface area contributed by atoms with Gasteiger partial charge >= 0.3 is 0 Å². The number of aromatic nitrogens is 1. The van der Waals surface area contributed by atoms with E-state index in [2.05, 4.69) is 20.1 Å². The maximum absolute atomic E-state index is 12.4. The Morgan fingerprint density at radius 3 is 2.62 bits per heavy atom. The topological polar surface area (TPSA) is 86.9 Å². The fraction of sp³-hybridized carbons (Fsp3) is 0.714. The monoisotopic (exact) mass is 404 g/mol. The fourth-order valence-corrected chi connectivity index (χ4v) is 4.53. The summed E-state index contributed by atoms with van der Waals surface area (Å²) >= 11 is 0. The van der Waals surface area contributed by atoms with Gasteiger partial charge in [-0.05, 0) is 50.9 Å². The van der Waals surface area contributed by atoms with E-state index in [1.807, 2.05) is 6.07 Å². The van der Waals surface area contributed by atoms with Crippen LogP contribution < -0.4 is 10.9 Å². The number of nitrogens with zero attached hydrogens (tertiary/aromatic N) is 2. The molecule has 0 spiro atoms. The molecule has 0 bridgehead atoms. The van der Waals surface area contributed by atoms with Gasteiger partial charge in [-0.1, -0.05) is 0 Å². The molecule has 0 aromatic carbocycles. The van der Waals surface area contributed by atoms with Crippen molar-refractivity contribution in [3.05, 3.63) is 33.7 Å². The first-order chi connectivity index (χ1) is 14.2. The summed E-state index contributed by atoms with van der Waals surface area (Å²) in [6.45, 7) is 7.24. The number of hydrogen-bond acceptors (Lipinski definition) is 6. The van der Waals surface area contributed by atoms with Gasteiger partial charge in [-0.25, -0.2) is 0 Å². The Morgan fingerprint density at radius 1 is 1.14 bits per heavy atom. The van der Waals surface area contributed by atoms with Crippen LogP contribution in [-0.2, 0) is 16.0 Å². The van der Waals surface area contributed by atoms with Crippen molar-refractivity contribution in [2.75, 3.05) is 52.5 Å². The summed E-state index contributed by atoms with van der Waals surface area (Å²) in [5, 5.41) is 2.76. The van der Waals surface area contributed by atoms with Crippen LogP contribution in [0.1, 0.15) is 41.7 Å². The number of pyridine rings is 1. The molecular formula is C21H32N4O4. The largest absolute Gasteiger partial charge is 0.376 e. The molecule has 4 rings (SSSR count). The summed E-state index contributed by atoms with van der Waals surface area (Å²) in [5.41, 5.74) is 0.654. The molecule has 0 unspecified atom stereocenters. The molecule has 160 valence electrons. The van der Waals surface area contributed by atoms with Gasteiger partial charge in [0.15, 0.2) is 0 Å². The van der Waals surface area contributed by atoms with E-state index in [0.717, 1.165) is 31.4 Å². The van der Waals surface area contributed by atoms with Crippen LogP contribution in [0.25, 0.3) is 0 Å². The lowest BCUT2D eigenvalue weighted by atomic mass is 10.0. The third-order valence-corrected chi connectivity index (χ3v) is 6.20. The van der Waals surface area contributed by atoms with Crippen molar-refractivity contribution in [1.29, 1.82) is 0 Å². The van der Waals surface area contributed by atoms with Crippen molar-refractivity contribution in [1.82, 2.24) is 20.1 Å². The number of rotatable bonds is 6. The Kier molecular flexibility index (Phi) is 6.97. The van der Waals surface area contributed by atoms with Crippen LogP contribution in [0, 0.1) is 0 Å². The normalized spacial score (nSPS) is 24.6. The second-order valence-electron chi connectivity index (χ2n) is 8.25. The summed E-state index contributed by atoms with van der Waals surface area (Å²) in [4.78, 5) is 32.6. The minimum atomic E-state index is -0.376. The van der Waals surface area contributed by atoms with Crippen molar-refractivity contribution < 1.29 is 14.3 Å². The van der Waals surface area contributed by atoms with E-state index >= 15 is 0 Å². The number of ether oxygens (including phenoxy) is 2. The number of nitrogens with one attached hydrogen (secondary N) is 2. The average molecular weight is 405 g/mol. The van der Waals surface area contributed by atoms with Crippen LogP contribution in [0.2, 0.25) is 0 Å². The number of H-pyrrole nitrogens is 1. The molecule has 1 atom stereocenters. The van der Waals surface area contributed by atoms with Crippen LogP contribution in [0.3, 0.4) is 0 Å². The molecular weight excluding hydrogens is 372 g/mol. The highest BCUT2D eigenvalue weighted by molar-refractivity contribution is 5.93. The Balaban J connectivity index is 1.26. The van der Waals surface area contributed by atoms with Crippen LogP contribution in [-0.4, -0.2) is 85.4 Å². The van der Waals surface area contributed by atoms with Crippen LogP contribution in [0.5, 0.6) is 0 Å². The van der Waals surface area contributed by atoms with Gasteiger partial charge in [0.05, 0.1) is 25.9 Å². The highest BCUT2D eigenvalue weighted by atomic mass is 16.6. The first-order valence-electron chi connectivity index (χ1n) is 10.9. The quantitative estimate of drug-likeness (QED) is 0.721. The molecule has 1 amide bonds. The first kappa shape index (κ1) is 20.5. The van der Waals surface area contributed by atoms with Crippen molar-refractivity contribution in [2.45, 2.75) is 44.4 Å². The first-order valence-corrected chi connectivity index (χ1v) is 10.9. The standard InChI is InChI=1S/C21H32N4O4/c26-20(22-13-18-15-28-11-12-29-18)19-4-3-16(23-21(19)27)14-24-9-5-17(6-10-24)25-7-1-2-8-25/h3-4,17-18H,1-2,5-15H2,(H,22,26)(H,23,27)/t18-/m1/s1. The van der Waals surface area contributed by atoms with Gasteiger partial charge < -0.3 is 24.7 Å². The number of carbonyl (C=O) groups excluding carboxylic acids is 1. The summed E-state index contributed by atoms with van der Waals surface area (Å²) < 4.78 is 10.8. The summed E-state index contributed by atoms with van der Waals surface area (Å²) in [5.74, 6) is -0.376. The molecule has 0 saturated carbocycles. The molecule has 3 aliphatic rings. The minimum absolute atomic E-state index is 0.137. The Labute approximate surface area is 171 Å². The molecule has 1 aromatic rings. The van der Waals surface area contributed by atoms with Crippen molar-refractivity contribution in [2.24, 2.45) is 0 Å². The predicted molar refractivity (Wildman–Crippen MR) is 109 cm³/mol. The lowest BCUT2D eigenvalue weighted by molar-refractivity contribution is -0.0855. The molecule has 8 heteroatoms. The van der Waals surface area contributed by atoms with Gasteiger partial charge in [-0.15, -0.1) is 0 Å². The molecule has 8 nitrogen and oxygen atoms in total. The van der Waals surface area contributed by atoms with E-state index in [4.69, 9.17) is 9.47 Å². The van der Waals surface area contributed by atoms with E-state index in [1.165, 1.54) is 38.8 Å². The maximum Gasteiger partial charge on any atom is 0.261 e. The van der Waals surface area contributed by atoms with Gasteiger partial charge in [0, 0.05) is 37.9 Å². The molecule has 29 heavy (non-hydrogen) atoms. The summed E-state index contributed by atoms with van der Waals surface area (Å²) in [7, 11) is 0. The lowest BCUT2D eigenvalue weighted by Crippen LogP contribution is -2.43. The Bertz CT molecular complexity index is 732. The zero-order valence-corrected chi connectivity index (χ0v) is 17.0. The minimum Gasteiger partial charge on any atom is -0.376 e. The molecule has 0 aliphatic carbocycles. The zero-order chi connectivity index (χ0) is 20.1. The third-order valence-electron chi connectivity index (χ3n) is 6.20. The van der Waals surface area contributed by atoms with Crippen LogP contribution in [0.4, 0.5) is 0 Å². The van der Waals surface area contributed by atoms with E-state index < -0.39 is 0 Å². The molecule has 2 N–H and O–H groups in total. The average Bonchev–Trinajstić information content (AvgIpc) is 3.28. The number of likely N-dealkylation sites (tertiary alicyclic amines) is 2. The predicted octanol–water partition coefficient (Wildman–Crippen LogP) is 0.580. The van der Waals surface area contributed by atoms with Gasteiger partial charge in [-0.3, -0.25) is 14.5 Å². The van der Waals surface area contributed by atoms with E-state index in [9.17, 15) is 9.59 Å². The summed E-state index contributed by atoms with van der Waals surface area (Å²) in [6.07, 6.45) is 4.90. The van der Waals surface area contributed by atoms with Crippen molar-refractivity contribution in [3.63, 3.8) is 0 Å². The number of piperidine rings is 1. The van der Waals surface area contributed by atoms with Crippen LogP contribution in [0.15, 0.2) is 16.9 Å². The second kappa shape index (κ2) is 9.84. The molecule has 1 aromatic heterocycles. The highest BCUT2D eigenvalue weighted by Gasteiger charge is 2.26. The maximum atomic E-state index is 12.4. The van der Waals surface area contributed by atoms with Crippen molar-refractivity contribution >= 4 is 5.91 Å². The Hall–Kier alpha value is -1.74. The van der Waals surface area contributed by atoms with E-state index in [1.54, 1.807) is 6.07 Å². The van der Waals surface area contributed by atoms with Gasteiger partial charge in [-0.2, -0.15) is 0 Å². The molecule has 3 saturated heterocycles. The zero-order valence-electron chi connectivity index (χ0n) is 17.0. The second-order valence-corrected chi connectivity index (χ2v) is 8.25. The van der Waals surface area contributed by atoms with E-state index in [-0.39, 0.29) is 23.1 Å². The molecule has 4 heterocycles. The number of hydrogen-bond donors (Lipinski definition) is 2. The van der Waals surface area contributed by atoms with Crippen molar-refractivity contribution in [3.8, 4) is 0 Å². The number of carbonyl (C=O) groups is 1. The lowest BCUT2D eigenvalue weighted by Gasteiger charge is -2.36. The van der Waals surface area contributed by atoms with Gasteiger partial charge in [0.25, 0.3) is 11.5 Å². The third kappa shape index (κ3) is 5.45. The molecule has 3 aliphatic heterocycles. The highest BCUT2D eigenvalue weighted by Crippen LogP contribution is 2.21. The number of amides is 1. The van der Waals surface area contributed by atoms with Gasteiger partial charge in [0.1, 0.15) is 5.56 Å². The smallest absolute Gasteiger partial charge is 0.261 e. The summed E-state index contributed by atoms with van der Waals surface area (Å²) in [6, 6.07) is 4.19. The SMILES string of the molecule is O=C(NC[C@@H]1COCCO1)c1ccc(CN2CCC(N3CCCC3)CC2)[nH]c1=O.